The van der Waals surface area contributed by atoms with Gasteiger partial charge in [0.15, 0.2) is 0 Å². The van der Waals surface area contributed by atoms with Crippen LogP contribution in [0.1, 0.15) is 22.7 Å². The third-order valence-corrected chi connectivity index (χ3v) is 4.55. The van der Waals surface area contributed by atoms with Crippen molar-refractivity contribution in [2.24, 2.45) is 0 Å². The van der Waals surface area contributed by atoms with E-state index in [-0.39, 0.29) is 11.9 Å². The second-order valence-corrected chi connectivity index (χ2v) is 5.50. The highest BCUT2D eigenvalue weighted by Crippen LogP contribution is 2.32. The molecule has 0 radical (unpaired) electrons. The van der Waals surface area contributed by atoms with E-state index < -0.39 is 0 Å². The second kappa shape index (κ2) is 5.29. The smallest absolute Gasteiger partial charge is 0.123 e. The normalized spacial score (nSPS) is 12.7. The summed E-state index contributed by atoms with van der Waals surface area (Å²) in [6, 6.07) is 4.93. The zero-order valence-electron chi connectivity index (χ0n) is 9.63. The van der Waals surface area contributed by atoms with Crippen LogP contribution in [0.2, 0.25) is 0 Å². The van der Waals surface area contributed by atoms with Gasteiger partial charge in [0, 0.05) is 9.85 Å². The van der Waals surface area contributed by atoms with Gasteiger partial charge in [0.05, 0.1) is 6.04 Å². The highest BCUT2D eigenvalue weighted by atomic mass is 79.9. The van der Waals surface area contributed by atoms with E-state index in [1.54, 1.807) is 17.4 Å². The van der Waals surface area contributed by atoms with Gasteiger partial charge in [-0.3, -0.25) is 0 Å². The van der Waals surface area contributed by atoms with Crippen molar-refractivity contribution in [3.05, 3.63) is 55.9 Å². The largest absolute Gasteiger partial charge is 0.309 e. The fraction of sp³-hybridized carbons (Fsp3) is 0.231. The van der Waals surface area contributed by atoms with Gasteiger partial charge in [-0.15, -0.1) is 0 Å². The standard InChI is InChI=1S/C13H13BrFNS/c1-8-3-4-9(15)5-10(8)13(16-2)11-6-17-7-12(11)14/h3-7,13,16H,1-2H3. The topological polar surface area (TPSA) is 12.0 Å². The fourth-order valence-electron chi connectivity index (χ4n) is 1.90. The Bertz CT molecular complexity index is 524. The number of benzene rings is 1. The van der Waals surface area contributed by atoms with Crippen molar-refractivity contribution in [2.75, 3.05) is 7.05 Å². The van der Waals surface area contributed by atoms with Crippen molar-refractivity contribution in [3.63, 3.8) is 0 Å². The molecule has 0 aliphatic heterocycles. The lowest BCUT2D eigenvalue weighted by molar-refractivity contribution is 0.615. The monoisotopic (exact) mass is 313 g/mol. The molecule has 1 atom stereocenters. The zero-order valence-corrected chi connectivity index (χ0v) is 12.0. The van der Waals surface area contributed by atoms with Crippen molar-refractivity contribution in [3.8, 4) is 0 Å². The number of aryl methyl sites for hydroxylation is 1. The average Bonchev–Trinajstić information content (AvgIpc) is 2.71. The van der Waals surface area contributed by atoms with Crippen LogP contribution in [-0.2, 0) is 0 Å². The highest BCUT2D eigenvalue weighted by molar-refractivity contribution is 9.10. The molecule has 2 rings (SSSR count). The van der Waals surface area contributed by atoms with Crippen molar-refractivity contribution < 1.29 is 4.39 Å². The number of hydrogen-bond donors (Lipinski definition) is 1. The van der Waals surface area contributed by atoms with Crippen LogP contribution in [0.4, 0.5) is 4.39 Å². The van der Waals surface area contributed by atoms with E-state index in [1.165, 1.54) is 6.07 Å². The summed E-state index contributed by atoms with van der Waals surface area (Å²) in [5.41, 5.74) is 3.21. The number of halogens is 2. The molecule has 1 aromatic heterocycles. The first-order chi connectivity index (χ1) is 8.13. The Balaban J connectivity index is 2.49. The van der Waals surface area contributed by atoms with Crippen LogP contribution in [0, 0.1) is 12.7 Å². The van der Waals surface area contributed by atoms with Gasteiger partial charge in [0.1, 0.15) is 5.82 Å². The Hall–Kier alpha value is -0.710. The molecule has 0 fully saturated rings. The van der Waals surface area contributed by atoms with Crippen LogP contribution in [-0.4, -0.2) is 7.05 Å². The molecule has 4 heteroatoms. The summed E-state index contributed by atoms with van der Waals surface area (Å²) in [5.74, 6) is -0.197. The number of rotatable bonds is 3. The maximum Gasteiger partial charge on any atom is 0.123 e. The Kier molecular flexibility index (Phi) is 3.97. The van der Waals surface area contributed by atoms with E-state index in [0.717, 1.165) is 21.2 Å². The molecule has 2 aromatic rings. The second-order valence-electron chi connectivity index (χ2n) is 3.90. The summed E-state index contributed by atoms with van der Waals surface area (Å²) in [5, 5.41) is 7.35. The minimum Gasteiger partial charge on any atom is -0.309 e. The number of thiophene rings is 1. The zero-order chi connectivity index (χ0) is 12.4. The molecule has 0 amide bonds. The Morgan fingerprint density at radius 2 is 2.06 bits per heavy atom. The SMILES string of the molecule is CNC(c1cc(F)ccc1C)c1cscc1Br. The molecule has 0 aliphatic carbocycles. The molecule has 0 aliphatic rings. The van der Waals surface area contributed by atoms with Gasteiger partial charge in [0.25, 0.3) is 0 Å². The van der Waals surface area contributed by atoms with Crippen molar-refractivity contribution >= 4 is 27.3 Å². The predicted octanol–water partition coefficient (Wildman–Crippen LogP) is 4.27. The van der Waals surface area contributed by atoms with E-state index in [1.807, 2.05) is 25.4 Å². The van der Waals surface area contributed by atoms with Crippen LogP contribution < -0.4 is 5.32 Å². The number of nitrogens with one attached hydrogen (secondary N) is 1. The molecule has 1 N–H and O–H groups in total. The van der Waals surface area contributed by atoms with E-state index in [9.17, 15) is 4.39 Å². The Morgan fingerprint density at radius 3 is 2.65 bits per heavy atom. The van der Waals surface area contributed by atoms with E-state index in [0.29, 0.717) is 0 Å². The quantitative estimate of drug-likeness (QED) is 0.892. The Labute approximate surface area is 113 Å². The van der Waals surface area contributed by atoms with Crippen LogP contribution in [0.15, 0.2) is 33.4 Å². The summed E-state index contributed by atoms with van der Waals surface area (Å²) in [4.78, 5) is 0. The van der Waals surface area contributed by atoms with Gasteiger partial charge in [0.2, 0.25) is 0 Å². The molecule has 1 aromatic carbocycles. The van der Waals surface area contributed by atoms with Gasteiger partial charge in [-0.05, 0) is 64.1 Å². The van der Waals surface area contributed by atoms with Gasteiger partial charge in [-0.1, -0.05) is 6.07 Å². The van der Waals surface area contributed by atoms with E-state index in [4.69, 9.17) is 0 Å². The maximum absolute atomic E-state index is 13.3. The average molecular weight is 314 g/mol. The van der Waals surface area contributed by atoms with Gasteiger partial charge < -0.3 is 5.32 Å². The molecule has 1 heterocycles. The third kappa shape index (κ3) is 2.59. The van der Waals surface area contributed by atoms with Gasteiger partial charge in [-0.2, -0.15) is 11.3 Å². The first-order valence-corrected chi connectivity index (χ1v) is 7.02. The van der Waals surface area contributed by atoms with Crippen molar-refractivity contribution in [1.82, 2.24) is 5.32 Å². The molecule has 1 nitrogen and oxygen atoms in total. The Morgan fingerprint density at radius 1 is 1.29 bits per heavy atom. The molecule has 0 saturated heterocycles. The summed E-state index contributed by atoms with van der Waals surface area (Å²) >= 11 is 5.16. The van der Waals surface area contributed by atoms with Gasteiger partial charge in [-0.25, -0.2) is 4.39 Å². The summed E-state index contributed by atoms with van der Waals surface area (Å²) < 4.78 is 14.4. The van der Waals surface area contributed by atoms with E-state index >= 15 is 0 Å². The first-order valence-electron chi connectivity index (χ1n) is 5.28. The summed E-state index contributed by atoms with van der Waals surface area (Å²) in [6.45, 7) is 2.00. The van der Waals surface area contributed by atoms with Crippen molar-refractivity contribution in [1.29, 1.82) is 0 Å². The molecule has 90 valence electrons. The van der Waals surface area contributed by atoms with Crippen molar-refractivity contribution in [2.45, 2.75) is 13.0 Å². The molecule has 0 spiro atoms. The molecule has 1 unspecified atom stereocenters. The van der Waals surface area contributed by atoms with E-state index in [2.05, 4.69) is 26.6 Å². The van der Waals surface area contributed by atoms with Gasteiger partial charge >= 0.3 is 0 Å². The highest BCUT2D eigenvalue weighted by Gasteiger charge is 2.18. The molecule has 0 bridgehead atoms. The maximum atomic E-state index is 13.3. The van der Waals surface area contributed by atoms with Crippen LogP contribution in [0.25, 0.3) is 0 Å². The third-order valence-electron chi connectivity index (χ3n) is 2.79. The lowest BCUT2D eigenvalue weighted by Gasteiger charge is -2.18. The lowest BCUT2D eigenvalue weighted by atomic mass is 9.97. The molecule has 17 heavy (non-hydrogen) atoms. The molecular weight excluding hydrogens is 301 g/mol. The minimum atomic E-state index is -0.197. The predicted molar refractivity (Wildman–Crippen MR) is 74.1 cm³/mol. The molecule has 0 saturated carbocycles. The lowest BCUT2D eigenvalue weighted by Crippen LogP contribution is -2.18. The summed E-state index contributed by atoms with van der Waals surface area (Å²) in [6.07, 6.45) is 0. The van der Waals surface area contributed by atoms with Crippen LogP contribution >= 0.6 is 27.3 Å². The summed E-state index contributed by atoms with van der Waals surface area (Å²) in [7, 11) is 1.89. The molecular formula is C13H13BrFNS. The fourth-order valence-corrected chi connectivity index (χ4v) is 3.45. The van der Waals surface area contributed by atoms with Crippen LogP contribution in [0.5, 0.6) is 0 Å². The minimum absolute atomic E-state index is 0.0197. The number of hydrogen-bond acceptors (Lipinski definition) is 2. The first kappa shape index (κ1) is 12.7. The van der Waals surface area contributed by atoms with Crippen LogP contribution in [0.3, 0.4) is 0 Å².